The van der Waals surface area contributed by atoms with E-state index >= 15 is 0 Å². The molecule has 2 unspecified atom stereocenters. The lowest BCUT2D eigenvalue weighted by Gasteiger charge is -2.56. The second-order valence-corrected chi connectivity index (χ2v) is 11.0. The van der Waals surface area contributed by atoms with Gasteiger partial charge in [0.05, 0.1) is 6.10 Å². The number of benzene rings is 1. The van der Waals surface area contributed by atoms with Crippen molar-refractivity contribution in [2.45, 2.75) is 64.9 Å². The minimum atomic E-state index is -0.231. The molecule has 2 N–H and O–H groups in total. The van der Waals surface area contributed by atoms with Crippen molar-refractivity contribution in [3.63, 3.8) is 0 Å². The highest BCUT2D eigenvalue weighted by Gasteiger charge is 2.56. The molecule has 3 aliphatic carbocycles. The van der Waals surface area contributed by atoms with E-state index in [0.29, 0.717) is 23.7 Å². The lowest BCUT2D eigenvalue weighted by Crippen LogP contribution is -2.50. The number of allylic oxidation sites excluding steroid dienone is 2. The molecule has 30 heavy (non-hydrogen) atoms. The number of aliphatic hydroxyl groups excluding tert-OH is 2. The average Bonchev–Trinajstić information content (AvgIpc) is 3.04. The van der Waals surface area contributed by atoms with Gasteiger partial charge in [-0.25, -0.2) is 0 Å². The average molecular weight is 429 g/mol. The van der Waals surface area contributed by atoms with Crippen LogP contribution in [0, 0.1) is 34.5 Å². The number of aliphatic hydroxyl groups is 2. The van der Waals surface area contributed by atoms with Crippen LogP contribution in [0.1, 0.15) is 64.4 Å². The van der Waals surface area contributed by atoms with Crippen LogP contribution in [0.5, 0.6) is 0 Å². The quantitative estimate of drug-likeness (QED) is 0.536. The molecule has 0 spiro atoms. The van der Waals surface area contributed by atoms with Gasteiger partial charge in [0.25, 0.3) is 0 Å². The van der Waals surface area contributed by atoms with Gasteiger partial charge >= 0.3 is 0 Å². The molecule has 2 nitrogen and oxygen atoms in total. The maximum atomic E-state index is 10.5. The van der Waals surface area contributed by atoms with Crippen LogP contribution in [-0.4, -0.2) is 22.9 Å². The van der Waals surface area contributed by atoms with Crippen molar-refractivity contribution in [2.75, 3.05) is 6.61 Å². The van der Waals surface area contributed by atoms with Crippen molar-refractivity contribution >= 4 is 17.7 Å². The van der Waals surface area contributed by atoms with Crippen LogP contribution in [-0.2, 0) is 0 Å². The zero-order valence-electron chi connectivity index (χ0n) is 18.5. The molecular formula is C27H37ClO2. The summed E-state index contributed by atoms with van der Waals surface area (Å²) in [4.78, 5) is 0. The largest absolute Gasteiger partial charge is 0.396 e. The monoisotopic (exact) mass is 428 g/mol. The Bertz CT molecular complexity index is 800. The lowest BCUT2D eigenvalue weighted by molar-refractivity contribution is -0.0823. The van der Waals surface area contributed by atoms with Crippen molar-refractivity contribution in [3.8, 4) is 0 Å². The first-order chi connectivity index (χ1) is 14.3. The van der Waals surface area contributed by atoms with Crippen LogP contribution in [0.4, 0.5) is 0 Å². The molecule has 1 aromatic carbocycles. The number of hydrogen-bond acceptors (Lipinski definition) is 2. The lowest BCUT2D eigenvalue weighted by atomic mass is 9.49. The van der Waals surface area contributed by atoms with Gasteiger partial charge in [-0.2, -0.15) is 0 Å². The fourth-order valence-electron chi connectivity index (χ4n) is 7.17. The Balaban J connectivity index is 1.62. The van der Waals surface area contributed by atoms with E-state index in [1.54, 1.807) is 0 Å². The van der Waals surface area contributed by atoms with Gasteiger partial charge in [0.2, 0.25) is 0 Å². The van der Waals surface area contributed by atoms with Crippen LogP contribution >= 0.6 is 11.6 Å². The van der Waals surface area contributed by atoms with E-state index in [9.17, 15) is 10.2 Å². The molecule has 3 heteroatoms. The molecule has 3 aliphatic rings. The van der Waals surface area contributed by atoms with Crippen molar-refractivity contribution in [1.29, 1.82) is 0 Å². The van der Waals surface area contributed by atoms with Gasteiger partial charge in [0.1, 0.15) is 0 Å². The Hall–Kier alpha value is -1.09. The molecule has 0 radical (unpaired) electrons. The summed E-state index contributed by atoms with van der Waals surface area (Å²) in [6, 6.07) is 7.93. The highest BCUT2D eigenvalue weighted by atomic mass is 35.5. The van der Waals surface area contributed by atoms with Gasteiger partial charge in [-0.3, -0.25) is 0 Å². The molecule has 164 valence electrons. The van der Waals surface area contributed by atoms with E-state index in [0.717, 1.165) is 42.7 Å². The van der Waals surface area contributed by atoms with Crippen molar-refractivity contribution in [3.05, 3.63) is 53.1 Å². The highest BCUT2D eigenvalue weighted by Crippen LogP contribution is 2.63. The number of halogens is 1. The first-order valence-corrected chi connectivity index (χ1v) is 12.1. The molecule has 0 aromatic heterocycles. The molecule has 0 aliphatic heterocycles. The van der Waals surface area contributed by atoms with Crippen LogP contribution in [0.25, 0.3) is 6.08 Å². The second kappa shape index (κ2) is 8.45. The Kier molecular flexibility index (Phi) is 6.23. The molecule has 3 fully saturated rings. The molecule has 1 aromatic rings. The molecule has 0 amide bonds. The fraction of sp³-hybridized carbons (Fsp3) is 0.630. The number of rotatable bonds is 4. The third-order valence-corrected chi connectivity index (χ3v) is 9.48. The first-order valence-electron chi connectivity index (χ1n) is 11.7. The van der Waals surface area contributed by atoms with Gasteiger partial charge in [0.15, 0.2) is 0 Å². The Morgan fingerprint density at radius 2 is 1.83 bits per heavy atom. The van der Waals surface area contributed by atoms with E-state index in [-0.39, 0.29) is 23.5 Å². The molecule has 0 bridgehead atoms. The van der Waals surface area contributed by atoms with Crippen LogP contribution in [0.2, 0.25) is 5.02 Å². The summed E-state index contributed by atoms with van der Waals surface area (Å²) in [5.41, 5.74) is 2.83. The molecular weight excluding hydrogens is 392 g/mol. The first kappa shape index (κ1) is 22.1. The summed E-state index contributed by atoms with van der Waals surface area (Å²) in [7, 11) is 0. The van der Waals surface area contributed by atoms with E-state index in [1.165, 1.54) is 18.4 Å². The summed E-state index contributed by atoms with van der Waals surface area (Å²) in [6.45, 7) is 9.47. The van der Waals surface area contributed by atoms with Crippen molar-refractivity contribution in [1.82, 2.24) is 0 Å². The fourth-order valence-corrected chi connectivity index (χ4v) is 7.30. The maximum Gasteiger partial charge on any atom is 0.0546 e. The van der Waals surface area contributed by atoms with E-state index in [1.807, 2.05) is 24.3 Å². The van der Waals surface area contributed by atoms with Crippen molar-refractivity contribution < 1.29 is 10.2 Å². The summed E-state index contributed by atoms with van der Waals surface area (Å²) in [6.07, 6.45) is 11.6. The molecule has 3 saturated carbocycles. The number of fused-ring (bicyclic) bond motifs is 1. The summed E-state index contributed by atoms with van der Waals surface area (Å²) >= 11 is 6.04. The predicted molar refractivity (Wildman–Crippen MR) is 125 cm³/mol. The second-order valence-electron chi connectivity index (χ2n) is 10.6. The van der Waals surface area contributed by atoms with E-state index in [2.05, 4.69) is 32.6 Å². The molecule has 4 rings (SSSR count). The standard InChI is InChI=1S/C27H37ClO2/c1-18-4-11-24-23(17-29)25(13-15-26(18,24)2)27(3)14-12-22(30)16-20(27)8-5-19-6-9-21(28)10-7-19/h5-10,20,22-25,29-30H,1,4,11-17H2,2-3H3/b8-5-/t20-,22-,23+,24?,25?,26-,27-/m0/s1. The van der Waals surface area contributed by atoms with Gasteiger partial charge < -0.3 is 10.2 Å². The van der Waals surface area contributed by atoms with E-state index < -0.39 is 0 Å². The molecule has 0 heterocycles. The Morgan fingerprint density at radius 3 is 2.53 bits per heavy atom. The predicted octanol–water partition coefficient (Wildman–Crippen LogP) is 6.51. The normalized spacial score (nSPS) is 41.9. The van der Waals surface area contributed by atoms with Crippen LogP contribution in [0.15, 0.2) is 42.5 Å². The molecule has 0 saturated heterocycles. The van der Waals surface area contributed by atoms with Crippen LogP contribution in [0.3, 0.4) is 0 Å². The molecule has 7 atom stereocenters. The van der Waals surface area contributed by atoms with Gasteiger partial charge in [-0.15, -0.1) is 0 Å². The summed E-state index contributed by atoms with van der Waals surface area (Å²) in [5.74, 6) is 1.66. The Morgan fingerprint density at radius 1 is 1.10 bits per heavy atom. The van der Waals surface area contributed by atoms with Gasteiger partial charge in [-0.05, 0) is 97.1 Å². The van der Waals surface area contributed by atoms with Crippen molar-refractivity contribution in [2.24, 2.45) is 34.5 Å². The zero-order chi connectivity index (χ0) is 21.5. The zero-order valence-corrected chi connectivity index (χ0v) is 19.2. The third-order valence-electron chi connectivity index (χ3n) is 9.23. The minimum absolute atomic E-state index is 0.0980. The van der Waals surface area contributed by atoms with E-state index in [4.69, 9.17) is 11.6 Å². The van der Waals surface area contributed by atoms with Gasteiger partial charge in [0, 0.05) is 11.6 Å². The summed E-state index contributed by atoms with van der Waals surface area (Å²) in [5, 5.41) is 21.7. The topological polar surface area (TPSA) is 40.5 Å². The van der Waals surface area contributed by atoms with Gasteiger partial charge in [-0.1, -0.05) is 61.9 Å². The Labute approximate surface area is 187 Å². The van der Waals surface area contributed by atoms with Crippen LogP contribution < -0.4 is 0 Å². The number of hydrogen-bond donors (Lipinski definition) is 2. The minimum Gasteiger partial charge on any atom is -0.396 e. The third kappa shape index (κ3) is 3.80. The SMILES string of the molecule is C=C1CCC2[C@@H](CO)C([C@@]3(C)CC[C@H](O)C[C@@H]3/C=C\c3ccc(Cl)cc3)CC[C@@]12C. The summed E-state index contributed by atoms with van der Waals surface area (Å²) < 4.78 is 0. The highest BCUT2D eigenvalue weighted by molar-refractivity contribution is 6.30. The maximum absolute atomic E-state index is 10.5. The smallest absolute Gasteiger partial charge is 0.0546 e.